The van der Waals surface area contributed by atoms with Gasteiger partial charge in [0.15, 0.2) is 0 Å². The highest BCUT2D eigenvalue weighted by Gasteiger charge is 2.41. The van der Waals surface area contributed by atoms with E-state index in [1.165, 1.54) is 29.2 Å². The summed E-state index contributed by atoms with van der Waals surface area (Å²) in [6.45, 7) is 0. The molecule has 28 heavy (non-hydrogen) atoms. The largest absolute Gasteiger partial charge is 0.349 e. The molecule has 8 heteroatoms. The molecular weight excluding hydrogens is 386 g/mol. The van der Waals surface area contributed by atoms with E-state index in [4.69, 9.17) is 0 Å². The Morgan fingerprint density at radius 1 is 0.964 bits per heavy atom. The van der Waals surface area contributed by atoms with Gasteiger partial charge in [-0.2, -0.15) is 0 Å². The van der Waals surface area contributed by atoms with Crippen LogP contribution in [0.2, 0.25) is 0 Å². The van der Waals surface area contributed by atoms with E-state index in [9.17, 15) is 22.0 Å². The number of sulfonamides is 1. The first-order valence-electron chi connectivity index (χ1n) is 8.92. The van der Waals surface area contributed by atoms with Crippen molar-refractivity contribution < 1.29 is 22.0 Å². The van der Waals surface area contributed by atoms with E-state index < -0.39 is 27.8 Å². The molecule has 0 aliphatic heterocycles. The molecule has 1 saturated carbocycles. The van der Waals surface area contributed by atoms with Crippen LogP contribution in [0.5, 0.6) is 0 Å². The minimum atomic E-state index is -3.84. The van der Waals surface area contributed by atoms with Crippen LogP contribution in [0.25, 0.3) is 0 Å². The van der Waals surface area contributed by atoms with Crippen LogP contribution in [-0.2, 0) is 14.8 Å². The fourth-order valence-corrected chi connectivity index (χ4v) is 4.98. The zero-order valence-corrected chi connectivity index (χ0v) is 16.4. The average molecular weight is 408 g/mol. The molecule has 1 N–H and O–H groups in total. The summed E-state index contributed by atoms with van der Waals surface area (Å²) in [5.41, 5.74) is 0.796. The molecule has 3 atom stereocenters. The number of benzene rings is 2. The van der Waals surface area contributed by atoms with Gasteiger partial charge in [0.25, 0.3) is 0 Å². The van der Waals surface area contributed by atoms with Crippen molar-refractivity contribution in [1.82, 2.24) is 9.62 Å². The number of carbonyl (C=O) groups excluding carboxylic acids is 1. The Labute approximate surface area is 163 Å². The third-order valence-corrected chi connectivity index (χ3v) is 6.60. The molecule has 1 aliphatic carbocycles. The molecule has 0 aromatic heterocycles. The molecule has 1 fully saturated rings. The van der Waals surface area contributed by atoms with Crippen LogP contribution in [-0.4, -0.2) is 39.4 Å². The predicted octanol–water partition coefficient (Wildman–Crippen LogP) is 2.89. The van der Waals surface area contributed by atoms with Crippen LogP contribution in [0.4, 0.5) is 8.78 Å². The van der Waals surface area contributed by atoms with Crippen molar-refractivity contribution in [1.29, 1.82) is 0 Å². The molecule has 0 saturated heterocycles. The third kappa shape index (κ3) is 4.39. The van der Waals surface area contributed by atoms with E-state index in [0.717, 1.165) is 17.7 Å². The zero-order chi connectivity index (χ0) is 20.5. The summed E-state index contributed by atoms with van der Waals surface area (Å²) in [6.07, 6.45) is 0.746. The minimum absolute atomic E-state index is 0.0328. The van der Waals surface area contributed by atoms with Gasteiger partial charge in [-0.1, -0.05) is 12.1 Å². The van der Waals surface area contributed by atoms with Crippen LogP contribution >= 0.6 is 0 Å². The summed E-state index contributed by atoms with van der Waals surface area (Å²) in [6, 6.07) is 10.1. The summed E-state index contributed by atoms with van der Waals surface area (Å²) >= 11 is 0. The number of hydrogen-bond acceptors (Lipinski definition) is 3. The fourth-order valence-electron chi connectivity index (χ4n) is 3.72. The van der Waals surface area contributed by atoms with Crippen LogP contribution < -0.4 is 4.72 Å². The Balaban J connectivity index is 1.84. The highest BCUT2D eigenvalue weighted by atomic mass is 32.2. The van der Waals surface area contributed by atoms with Crippen LogP contribution in [0, 0.1) is 17.6 Å². The fraction of sp³-hybridized carbons (Fsp3) is 0.350. The molecule has 5 nitrogen and oxygen atoms in total. The quantitative estimate of drug-likeness (QED) is 0.827. The van der Waals surface area contributed by atoms with Crippen molar-refractivity contribution in [3.63, 3.8) is 0 Å². The number of halogens is 2. The van der Waals surface area contributed by atoms with Gasteiger partial charge < -0.3 is 4.90 Å². The van der Waals surface area contributed by atoms with Crippen molar-refractivity contribution in [2.45, 2.75) is 29.7 Å². The smallest absolute Gasteiger partial charge is 0.240 e. The van der Waals surface area contributed by atoms with Gasteiger partial charge in [-0.3, -0.25) is 4.79 Å². The zero-order valence-electron chi connectivity index (χ0n) is 15.6. The summed E-state index contributed by atoms with van der Waals surface area (Å²) in [4.78, 5) is 14.1. The van der Waals surface area contributed by atoms with Crippen molar-refractivity contribution in [2.75, 3.05) is 14.1 Å². The van der Waals surface area contributed by atoms with Gasteiger partial charge in [0.2, 0.25) is 15.9 Å². The molecule has 150 valence electrons. The van der Waals surface area contributed by atoms with Gasteiger partial charge in [-0.05, 0) is 60.7 Å². The second-order valence-electron chi connectivity index (χ2n) is 7.24. The molecule has 1 aliphatic rings. The van der Waals surface area contributed by atoms with E-state index in [2.05, 4.69) is 4.72 Å². The van der Waals surface area contributed by atoms with E-state index >= 15 is 0 Å². The van der Waals surface area contributed by atoms with Gasteiger partial charge >= 0.3 is 0 Å². The van der Waals surface area contributed by atoms with Gasteiger partial charge in [-0.15, -0.1) is 0 Å². The van der Waals surface area contributed by atoms with Crippen LogP contribution in [0.1, 0.15) is 24.3 Å². The summed E-state index contributed by atoms with van der Waals surface area (Å²) in [5.74, 6) is -1.63. The highest BCUT2D eigenvalue weighted by Crippen LogP contribution is 2.41. The maximum atomic E-state index is 13.3. The first-order valence-corrected chi connectivity index (χ1v) is 10.4. The van der Waals surface area contributed by atoms with Gasteiger partial charge in [0.1, 0.15) is 11.6 Å². The lowest BCUT2D eigenvalue weighted by molar-refractivity contribution is -0.133. The highest BCUT2D eigenvalue weighted by molar-refractivity contribution is 7.89. The molecule has 0 bridgehead atoms. The Morgan fingerprint density at radius 2 is 1.50 bits per heavy atom. The topological polar surface area (TPSA) is 66.5 Å². The van der Waals surface area contributed by atoms with Crippen LogP contribution in [0.15, 0.2) is 53.4 Å². The first-order chi connectivity index (χ1) is 13.2. The SMILES string of the molecule is CN(C)C(=O)[C@H]1C[C@@H](NS(=O)(=O)c2ccc(F)cc2)C[C@@H]1c1ccc(F)cc1. The summed E-state index contributed by atoms with van der Waals surface area (Å²) < 4.78 is 54.2. The normalized spacial score (nSPS) is 22.2. The number of amides is 1. The Kier molecular flexibility index (Phi) is 5.81. The molecule has 0 radical (unpaired) electrons. The second kappa shape index (κ2) is 7.97. The lowest BCUT2D eigenvalue weighted by Crippen LogP contribution is -2.34. The second-order valence-corrected chi connectivity index (χ2v) is 8.95. The molecule has 0 spiro atoms. The number of hydrogen-bond donors (Lipinski definition) is 1. The third-order valence-electron chi connectivity index (χ3n) is 5.06. The lowest BCUT2D eigenvalue weighted by Gasteiger charge is -2.22. The number of carbonyl (C=O) groups is 1. The van der Waals surface area contributed by atoms with Crippen molar-refractivity contribution in [3.8, 4) is 0 Å². The molecule has 0 heterocycles. The van der Waals surface area contributed by atoms with Gasteiger partial charge in [0, 0.05) is 26.1 Å². The molecule has 0 unspecified atom stereocenters. The van der Waals surface area contributed by atoms with E-state index in [1.807, 2.05) is 0 Å². The van der Waals surface area contributed by atoms with Crippen molar-refractivity contribution in [2.24, 2.45) is 5.92 Å². The lowest BCUT2D eigenvalue weighted by atomic mass is 9.88. The molecule has 3 rings (SSSR count). The summed E-state index contributed by atoms with van der Waals surface area (Å²) in [7, 11) is -0.538. The van der Waals surface area contributed by atoms with E-state index in [1.54, 1.807) is 26.2 Å². The van der Waals surface area contributed by atoms with Gasteiger partial charge in [0.05, 0.1) is 4.90 Å². The monoisotopic (exact) mass is 408 g/mol. The number of nitrogens with one attached hydrogen (secondary N) is 1. The van der Waals surface area contributed by atoms with Crippen molar-refractivity contribution in [3.05, 3.63) is 65.7 Å². The molecular formula is C20H22F2N2O3S. The summed E-state index contributed by atoms with van der Waals surface area (Å²) in [5, 5.41) is 0. The van der Waals surface area contributed by atoms with E-state index in [0.29, 0.717) is 12.8 Å². The Morgan fingerprint density at radius 3 is 2.04 bits per heavy atom. The Bertz CT molecular complexity index is 944. The number of rotatable bonds is 5. The molecule has 2 aromatic carbocycles. The van der Waals surface area contributed by atoms with Gasteiger partial charge in [-0.25, -0.2) is 21.9 Å². The predicted molar refractivity (Wildman–Crippen MR) is 101 cm³/mol. The maximum Gasteiger partial charge on any atom is 0.240 e. The number of nitrogens with zero attached hydrogens (tertiary/aromatic N) is 1. The standard InChI is InChI=1S/C20H22F2N2O3S/c1-24(2)20(25)19-12-16(11-18(19)13-3-5-14(21)6-4-13)23-28(26,27)17-9-7-15(22)8-10-17/h3-10,16,18-19,23H,11-12H2,1-2H3/t16-,18+,19-/m0/s1. The average Bonchev–Trinajstić information content (AvgIpc) is 3.04. The van der Waals surface area contributed by atoms with Crippen molar-refractivity contribution >= 4 is 15.9 Å². The van der Waals surface area contributed by atoms with E-state index in [-0.39, 0.29) is 22.5 Å². The minimum Gasteiger partial charge on any atom is -0.349 e. The molecule has 1 amide bonds. The molecule has 2 aromatic rings. The van der Waals surface area contributed by atoms with Crippen LogP contribution in [0.3, 0.4) is 0 Å². The Hall–Kier alpha value is -2.32. The first kappa shape index (κ1) is 20.4. The maximum absolute atomic E-state index is 13.3.